The summed E-state index contributed by atoms with van der Waals surface area (Å²) < 4.78 is 5.80. The van der Waals surface area contributed by atoms with Crippen LogP contribution in [0.2, 0.25) is 0 Å². The predicted octanol–water partition coefficient (Wildman–Crippen LogP) is 0.433. The number of aliphatic hydroxyl groups excluding tert-OH is 6. The van der Waals surface area contributed by atoms with Crippen molar-refractivity contribution in [2.75, 3.05) is 0 Å². The molecule has 0 saturated carbocycles. The van der Waals surface area contributed by atoms with E-state index < -0.39 is 13.2 Å². The maximum absolute atomic E-state index is 9.64. The van der Waals surface area contributed by atoms with Crippen LogP contribution in [0.3, 0.4) is 0 Å². The van der Waals surface area contributed by atoms with Crippen molar-refractivity contribution in [3.63, 3.8) is 0 Å². The highest BCUT2D eigenvalue weighted by atomic mass is 16.5. The summed E-state index contributed by atoms with van der Waals surface area (Å²) in [5, 5.41) is 57.0. The van der Waals surface area contributed by atoms with Crippen molar-refractivity contribution in [3.05, 3.63) is 57.6 Å². The van der Waals surface area contributed by atoms with Crippen LogP contribution < -0.4 is 4.74 Å². The molecule has 0 heterocycles. The van der Waals surface area contributed by atoms with Crippen molar-refractivity contribution >= 4 is 0 Å². The van der Waals surface area contributed by atoms with Gasteiger partial charge in [-0.05, 0) is 34.4 Å². The molecule has 0 aliphatic heterocycles. The van der Waals surface area contributed by atoms with Gasteiger partial charge in [0, 0.05) is 11.1 Å². The summed E-state index contributed by atoms with van der Waals surface area (Å²) in [6, 6.07) is 6.26. The van der Waals surface area contributed by atoms with E-state index in [1.165, 1.54) is 0 Å². The fourth-order valence-electron chi connectivity index (χ4n) is 2.79. The van der Waals surface area contributed by atoms with Gasteiger partial charge < -0.3 is 35.4 Å². The minimum absolute atomic E-state index is 0.263. The molecule has 0 radical (unpaired) electrons. The lowest BCUT2D eigenvalue weighted by Crippen LogP contribution is -2.06. The van der Waals surface area contributed by atoms with E-state index in [0.717, 1.165) is 0 Å². The van der Waals surface area contributed by atoms with Gasteiger partial charge in [-0.3, -0.25) is 0 Å². The number of benzene rings is 2. The first-order chi connectivity index (χ1) is 12.1. The second kappa shape index (κ2) is 8.91. The molecule has 25 heavy (non-hydrogen) atoms. The highest BCUT2D eigenvalue weighted by molar-refractivity contribution is 5.50. The second-order valence-electron chi connectivity index (χ2n) is 5.41. The van der Waals surface area contributed by atoms with Crippen LogP contribution in [0.1, 0.15) is 33.4 Å². The summed E-state index contributed by atoms with van der Waals surface area (Å²) in [7, 11) is 0. The summed E-state index contributed by atoms with van der Waals surface area (Å²) in [6.45, 7) is -2.14. The largest absolute Gasteiger partial charge is 0.457 e. The fraction of sp³-hybridized carbons (Fsp3) is 0.333. The predicted molar refractivity (Wildman–Crippen MR) is 88.5 cm³/mol. The van der Waals surface area contributed by atoms with Gasteiger partial charge in [-0.2, -0.15) is 0 Å². The van der Waals surface area contributed by atoms with Gasteiger partial charge in [0.2, 0.25) is 0 Å². The van der Waals surface area contributed by atoms with E-state index in [9.17, 15) is 30.6 Å². The maximum atomic E-state index is 9.64. The summed E-state index contributed by atoms with van der Waals surface area (Å²) in [6.07, 6.45) is 0. The smallest absolute Gasteiger partial charge is 0.133 e. The molecule has 0 aromatic heterocycles. The normalized spacial score (nSPS) is 11.0. The molecule has 2 aromatic carbocycles. The number of aliphatic hydroxyl groups is 6. The molecule has 2 aromatic rings. The molecule has 7 nitrogen and oxygen atoms in total. The number of rotatable bonds is 8. The minimum Gasteiger partial charge on any atom is -0.457 e. The molecular weight excluding hydrogens is 328 g/mol. The van der Waals surface area contributed by atoms with E-state index in [4.69, 9.17) is 4.74 Å². The lowest BCUT2D eigenvalue weighted by molar-refractivity contribution is 0.241. The Morgan fingerprint density at radius 1 is 0.480 bits per heavy atom. The third kappa shape index (κ3) is 3.82. The molecule has 0 spiro atoms. The van der Waals surface area contributed by atoms with Crippen LogP contribution in [-0.4, -0.2) is 30.6 Å². The first kappa shape index (κ1) is 19.3. The topological polar surface area (TPSA) is 131 Å². The van der Waals surface area contributed by atoms with Gasteiger partial charge in [0.05, 0.1) is 39.6 Å². The summed E-state index contributed by atoms with van der Waals surface area (Å²) in [5.74, 6) is 0.526. The molecule has 0 aliphatic rings. The molecule has 0 aliphatic carbocycles. The molecule has 0 bridgehead atoms. The Kier molecular flexibility index (Phi) is 6.89. The third-order valence-electron chi connectivity index (χ3n) is 4.16. The number of hydrogen-bond acceptors (Lipinski definition) is 7. The molecule has 0 fully saturated rings. The summed E-state index contributed by atoms with van der Waals surface area (Å²) in [5.41, 5.74) is 2.37. The van der Waals surface area contributed by atoms with Crippen molar-refractivity contribution in [2.24, 2.45) is 0 Å². The Morgan fingerprint density at radius 3 is 1.12 bits per heavy atom. The summed E-state index contributed by atoms with van der Waals surface area (Å²) in [4.78, 5) is 0. The van der Waals surface area contributed by atoms with Crippen LogP contribution in [0.5, 0.6) is 11.5 Å². The number of hydrogen-bond donors (Lipinski definition) is 6. The first-order valence-electron chi connectivity index (χ1n) is 7.75. The number of ether oxygens (including phenoxy) is 1. The molecular formula is C18H22O7. The third-order valence-corrected chi connectivity index (χ3v) is 4.16. The average Bonchev–Trinajstić information content (AvgIpc) is 2.66. The van der Waals surface area contributed by atoms with Crippen molar-refractivity contribution in [2.45, 2.75) is 39.6 Å². The lowest BCUT2D eigenvalue weighted by Gasteiger charge is -2.19. The summed E-state index contributed by atoms with van der Waals surface area (Å²) >= 11 is 0. The molecule has 6 N–H and O–H groups in total. The molecule has 7 heteroatoms. The zero-order valence-electron chi connectivity index (χ0n) is 13.6. The van der Waals surface area contributed by atoms with Gasteiger partial charge in [0.15, 0.2) is 0 Å². The maximum Gasteiger partial charge on any atom is 0.133 e. The van der Waals surface area contributed by atoms with E-state index in [1.807, 2.05) is 0 Å². The zero-order valence-corrected chi connectivity index (χ0v) is 13.6. The molecule has 136 valence electrons. The van der Waals surface area contributed by atoms with Crippen LogP contribution >= 0.6 is 0 Å². The van der Waals surface area contributed by atoms with Gasteiger partial charge in [-0.15, -0.1) is 0 Å². The first-order valence-corrected chi connectivity index (χ1v) is 7.75. The van der Waals surface area contributed by atoms with Crippen molar-refractivity contribution in [3.8, 4) is 11.5 Å². The van der Waals surface area contributed by atoms with Crippen molar-refractivity contribution in [1.29, 1.82) is 0 Å². The van der Waals surface area contributed by atoms with E-state index in [0.29, 0.717) is 33.4 Å². The lowest BCUT2D eigenvalue weighted by atomic mass is 10.00. The quantitative estimate of drug-likeness (QED) is 0.407. The fourth-order valence-corrected chi connectivity index (χ4v) is 2.79. The van der Waals surface area contributed by atoms with Gasteiger partial charge in [-0.1, -0.05) is 12.1 Å². The highest BCUT2D eigenvalue weighted by Gasteiger charge is 2.17. The minimum atomic E-state index is -0.408. The molecule has 0 saturated heterocycles. The highest BCUT2D eigenvalue weighted by Crippen LogP contribution is 2.34. The molecule has 2 rings (SSSR count). The molecule has 0 unspecified atom stereocenters. The van der Waals surface area contributed by atoms with Crippen molar-refractivity contribution in [1.82, 2.24) is 0 Å². The van der Waals surface area contributed by atoms with Crippen LogP contribution in [0, 0.1) is 0 Å². The SMILES string of the molecule is OCc1ccc(Oc2ccc(CO)c(CO)c2CO)c(CO)c1CO. The van der Waals surface area contributed by atoms with Crippen molar-refractivity contribution < 1.29 is 35.4 Å². The molecule has 0 amide bonds. The second-order valence-corrected chi connectivity index (χ2v) is 5.41. The van der Waals surface area contributed by atoms with Crippen LogP contribution in [0.15, 0.2) is 24.3 Å². The van der Waals surface area contributed by atoms with Gasteiger partial charge in [0.1, 0.15) is 11.5 Å². The van der Waals surface area contributed by atoms with Crippen LogP contribution in [0.4, 0.5) is 0 Å². The van der Waals surface area contributed by atoms with Gasteiger partial charge in [-0.25, -0.2) is 0 Å². The molecule has 0 atom stereocenters. The average molecular weight is 350 g/mol. The Labute approximate surface area is 145 Å². The van der Waals surface area contributed by atoms with E-state index in [1.54, 1.807) is 24.3 Å². The van der Waals surface area contributed by atoms with Crippen LogP contribution in [-0.2, 0) is 39.6 Å². The van der Waals surface area contributed by atoms with Gasteiger partial charge >= 0.3 is 0 Å². The standard InChI is InChI=1S/C18H22O7/c19-5-11-1-3-17(15(9-23)13(11)7-21)25-18-4-2-12(6-20)14(8-22)16(18)10-24/h1-4,19-24H,5-10H2. The zero-order chi connectivity index (χ0) is 18.4. The van der Waals surface area contributed by atoms with Gasteiger partial charge in [0.25, 0.3) is 0 Å². The Morgan fingerprint density at radius 2 is 0.840 bits per heavy atom. The Hall–Kier alpha value is -2.00. The van der Waals surface area contributed by atoms with Crippen LogP contribution in [0.25, 0.3) is 0 Å². The van der Waals surface area contributed by atoms with E-state index in [2.05, 4.69) is 0 Å². The Balaban J connectivity index is 2.53. The van der Waals surface area contributed by atoms with E-state index >= 15 is 0 Å². The monoisotopic (exact) mass is 350 g/mol. The Bertz CT molecular complexity index is 666. The van der Waals surface area contributed by atoms with E-state index in [-0.39, 0.29) is 37.9 Å².